The topological polar surface area (TPSA) is 0 Å². The number of hydrogen-bond acceptors (Lipinski definition) is 0. The van der Waals surface area contributed by atoms with Gasteiger partial charge in [0, 0.05) is 0 Å². The van der Waals surface area contributed by atoms with Gasteiger partial charge < -0.3 is 0 Å². The number of allylic oxidation sites excluding steroid dienone is 5. The quantitative estimate of drug-likeness (QED) is 0.435. The summed E-state index contributed by atoms with van der Waals surface area (Å²) in [6, 6.07) is 0. The van der Waals surface area contributed by atoms with Crippen LogP contribution < -0.4 is 0 Å². The molecule has 0 saturated heterocycles. The minimum Gasteiger partial charge on any atom is -0.102 e. The molecule has 0 aromatic rings. The van der Waals surface area contributed by atoms with Crippen LogP contribution in [0, 0.1) is 5.92 Å². The Morgan fingerprint density at radius 1 is 1.17 bits per heavy atom. The molecular weight excluding hydrogens is 144 g/mol. The van der Waals surface area contributed by atoms with Gasteiger partial charge in [0.05, 0.1) is 0 Å². The molecule has 0 fully saturated rings. The summed E-state index contributed by atoms with van der Waals surface area (Å²) in [5.74, 6) is 0.463. The highest BCUT2D eigenvalue weighted by molar-refractivity contribution is 5.30. The lowest BCUT2D eigenvalue weighted by Crippen LogP contribution is -1.95. The summed E-state index contributed by atoms with van der Waals surface area (Å²) < 4.78 is 0. The van der Waals surface area contributed by atoms with Crippen LogP contribution in [0.4, 0.5) is 0 Å². The lowest BCUT2D eigenvalue weighted by molar-refractivity contribution is 0.873. The van der Waals surface area contributed by atoms with Gasteiger partial charge in [0.2, 0.25) is 0 Å². The van der Waals surface area contributed by atoms with Crippen molar-refractivity contribution in [1.29, 1.82) is 0 Å². The summed E-state index contributed by atoms with van der Waals surface area (Å²) in [7, 11) is 0. The Kier molecular flexibility index (Phi) is 4.65. The Morgan fingerprint density at radius 2 is 1.67 bits per heavy atom. The summed E-state index contributed by atoms with van der Waals surface area (Å²) in [5.41, 5.74) is 4.12. The van der Waals surface area contributed by atoms with Crippen molar-refractivity contribution < 1.29 is 0 Å². The van der Waals surface area contributed by atoms with E-state index in [4.69, 9.17) is 0 Å². The normalized spacial score (nSPS) is 11.8. The van der Waals surface area contributed by atoms with E-state index in [-0.39, 0.29) is 0 Å². The number of hydrogen-bond donors (Lipinski definition) is 0. The molecule has 0 rings (SSSR count). The first-order valence-corrected chi connectivity index (χ1v) is 4.43. The summed E-state index contributed by atoms with van der Waals surface area (Å²) in [5, 5.41) is 0. The minimum atomic E-state index is 0.463. The predicted octanol–water partition coefficient (Wildman–Crippen LogP) is 4.11. The van der Waals surface area contributed by atoms with Crippen molar-refractivity contribution in [3.63, 3.8) is 0 Å². The lowest BCUT2D eigenvalue weighted by Gasteiger charge is -2.10. The molecule has 1 atom stereocenters. The minimum absolute atomic E-state index is 0.463. The van der Waals surface area contributed by atoms with Gasteiger partial charge in [-0.3, -0.25) is 0 Å². The first-order valence-electron chi connectivity index (χ1n) is 4.43. The second-order valence-corrected chi connectivity index (χ2v) is 3.70. The van der Waals surface area contributed by atoms with Crippen molar-refractivity contribution >= 4 is 0 Å². The smallest absolute Gasteiger partial charge is 0.00138 e. The lowest BCUT2D eigenvalue weighted by atomic mass is 9.95. The summed E-state index contributed by atoms with van der Waals surface area (Å²) in [6.45, 7) is 14.5. The van der Waals surface area contributed by atoms with Gasteiger partial charge in [-0.15, -0.1) is 6.58 Å². The second kappa shape index (κ2) is 4.97. The molecule has 0 aliphatic rings. The van der Waals surface area contributed by atoms with Gasteiger partial charge in [0.25, 0.3) is 0 Å². The van der Waals surface area contributed by atoms with Crippen LogP contribution >= 0.6 is 0 Å². The molecule has 0 bridgehead atoms. The molecule has 1 unspecified atom stereocenters. The molecule has 0 saturated carbocycles. The molecule has 0 aliphatic heterocycles. The Bertz CT molecular complexity index is 208. The van der Waals surface area contributed by atoms with Crippen molar-refractivity contribution in [2.75, 3.05) is 0 Å². The van der Waals surface area contributed by atoms with Crippen molar-refractivity contribution in [1.82, 2.24) is 0 Å². The van der Waals surface area contributed by atoms with Crippen LogP contribution in [0.25, 0.3) is 0 Å². The van der Waals surface area contributed by atoms with E-state index in [1.165, 1.54) is 16.7 Å². The van der Waals surface area contributed by atoms with E-state index in [1.54, 1.807) is 0 Å². The highest BCUT2D eigenvalue weighted by Gasteiger charge is 2.02. The van der Waals surface area contributed by atoms with E-state index < -0.39 is 0 Å². The van der Waals surface area contributed by atoms with Gasteiger partial charge in [0.15, 0.2) is 0 Å². The summed E-state index contributed by atoms with van der Waals surface area (Å²) >= 11 is 0. The van der Waals surface area contributed by atoms with Gasteiger partial charge in [0.1, 0.15) is 0 Å². The average Bonchev–Trinajstić information content (AvgIpc) is 1.98. The Balaban J connectivity index is 4.83. The second-order valence-electron chi connectivity index (χ2n) is 3.70. The number of rotatable bonds is 3. The third kappa shape index (κ3) is 3.56. The molecule has 0 amide bonds. The van der Waals surface area contributed by atoms with Gasteiger partial charge in [-0.05, 0) is 39.2 Å². The molecule has 0 aromatic heterocycles. The first-order chi connectivity index (χ1) is 5.49. The van der Waals surface area contributed by atoms with E-state index in [0.29, 0.717) is 5.92 Å². The molecule has 0 heterocycles. The third-order valence-electron chi connectivity index (χ3n) is 1.87. The molecule has 0 radical (unpaired) electrons. The third-order valence-corrected chi connectivity index (χ3v) is 1.87. The maximum atomic E-state index is 3.81. The molecular formula is C12H20. The molecule has 68 valence electrons. The zero-order valence-corrected chi connectivity index (χ0v) is 8.94. The van der Waals surface area contributed by atoms with E-state index in [9.17, 15) is 0 Å². The van der Waals surface area contributed by atoms with Crippen LogP contribution in [-0.2, 0) is 0 Å². The van der Waals surface area contributed by atoms with Crippen molar-refractivity contribution in [3.8, 4) is 0 Å². The van der Waals surface area contributed by atoms with Crippen LogP contribution in [0.3, 0.4) is 0 Å². The first kappa shape index (κ1) is 11.2. The predicted molar refractivity (Wildman–Crippen MR) is 57.2 cm³/mol. The molecule has 0 N–H and O–H groups in total. The maximum Gasteiger partial charge on any atom is -0.00138 e. The average molecular weight is 164 g/mol. The molecule has 0 nitrogen and oxygen atoms in total. The molecule has 0 spiro atoms. The fourth-order valence-electron chi connectivity index (χ4n) is 1.17. The van der Waals surface area contributed by atoms with E-state index in [2.05, 4.69) is 47.3 Å². The summed E-state index contributed by atoms with van der Waals surface area (Å²) in [6.07, 6.45) is 4.23. The van der Waals surface area contributed by atoms with Crippen LogP contribution in [0.1, 0.15) is 34.6 Å². The van der Waals surface area contributed by atoms with E-state index in [1.807, 2.05) is 6.08 Å². The highest BCUT2D eigenvalue weighted by Crippen LogP contribution is 2.18. The SMILES string of the molecule is C=CC(C)C(C=C(C)C)=C(C)C. The maximum absolute atomic E-state index is 3.81. The summed E-state index contributed by atoms with van der Waals surface area (Å²) in [4.78, 5) is 0. The Morgan fingerprint density at radius 3 is 1.92 bits per heavy atom. The monoisotopic (exact) mass is 164 g/mol. The van der Waals surface area contributed by atoms with Crippen molar-refractivity contribution in [3.05, 3.63) is 35.5 Å². The molecule has 0 aromatic carbocycles. The van der Waals surface area contributed by atoms with Gasteiger partial charge in [-0.25, -0.2) is 0 Å². The van der Waals surface area contributed by atoms with E-state index >= 15 is 0 Å². The van der Waals surface area contributed by atoms with Crippen LogP contribution in [0.5, 0.6) is 0 Å². The zero-order chi connectivity index (χ0) is 9.72. The van der Waals surface area contributed by atoms with Crippen molar-refractivity contribution in [2.24, 2.45) is 5.92 Å². The van der Waals surface area contributed by atoms with Crippen LogP contribution in [-0.4, -0.2) is 0 Å². The molecule has 12 heavy (non-hydrogen) atoms. The van der Waals surface area contributed by atoms with Crippen LogP contribution in [0.15, 0.2) is 35.5 Å². The van der Waals surface area contributed by atoms with Crippen LogP contribution in [0.2, 0.25) is 0 Å². The zero-order valence-electron chi connectivity index (χ0n) is 8.94. The standard InChI is InChI=1S/C12H20/c1-7-11(6)12(10(4)5)8-9(2)3/h7-8,11H,1H2,2-6H3. The van der Waals surface area contributed by atoms with Gasteiger partial charge in [-0.2, -0.15) is 0 Å². The Labute approximate surface area is 76.7 Å². The van der Waals surface area contributed by atoms with Crippen molar-refractivity contribution in [2.45, 2.75) is 34.6 Å². The Hall–Kier alpha value is -0.780. The fraction of sp³-hybridized carbons (Fsp3) is 0.500. The molecule has 0 aliphatic carbocycles. The molecule has 0 heteroatoms. The highest BCUT2D eigenvalue weighted by atomic mass is 14.1. The van der Waals surface area contributed by atoms with E-state index in [0.717, 1.165) is 0 Å². The fourth-order valence-corrected chi connectivity index (χ4v) is 1.17. The largest absolute Gasteiger partial charge is 0.102 e. The van der Waals surface area contributed by atoms with Gasteiger partial charge in [-0.1, -0.05) is 30.2 Å². The van der Waals surface area contributed by atoms with Gasteiger partial charge >= 0.3 is 0 Å².